The molecule has 4 nitrogen and oxygen atoms in total. The van der Waals surface area contributed by atoms with E-state index in [0.29, 0.717) is 24.6 Å². The van der Waals surface area contributed by atoms with Crippen molar-refractivity contribution in [1.82, 2.24) is 9.80 Å². The fraction of sp³-hybridized carbons (Fsp3) is 0.308. The molecule has 7 heteroatoms. The molecule has 6 aromatic rings. The molecule has 0 aromatic heterocycles. The number of hydrogen-bond donors (Lipinski definition) is 2. The molecule has 6 aromatic carbocycles. The molecule has 0 radical (unpaired) electrons. The van der Waals surface area contributed by atoms with Gasteiger partial charge in [-0.1, -0.05) is 130 Å². The summed E-state index contributed by atoms with van der Waals surface area (Å²) in [6.07, 6.45) is 0. The molecule has 2 N–H and O–H groups in total. The van der Waals surface area contributed by atoms with Crippen LogP contribution in [0.3, 0.4) is 0 Å². The fourth-order valence-corrected chi connectivity index (χ4v) is 9.89. The van der Waals surface area contributed by atoms with Crippen molar-refractivity contribution in [2.24, 2.45) is 0 Å². The first-order valence-corrected chi connectivity index (χ1v) is 24.8. The van der Waals surface area contributed by atoms with Crippen molar-refractivity contribution in [2.45, 2.75) is 79.3 Å². The van der Waals surface area contributed by atoms with Crippen LogP contribution in [-0.4, -0.2) is 47.2 Å². The van der Waals surface area contributed by atoms with E-state index in [1.165, 1.54) is 66.8 Å². The fourth-order valence-electron chi connectivity index (χ4n) is 9.89. The van der Waals surface area contributed by atoms with Crippen LogP contribution in [-0.2, 0) is 41.0 Å². The number of fused-ring (bicyclic) bond motifs is 6. The van der Waals surface area contributed by atoms with Crippen LogP contribution in [0.5, 0.6) is 11.5 Å². The summed E-state index contributed by atoms with van der Waals surface area (Å²) >= 11 is -0.556. The third-order valence-corrected chi connectivity index (χ3v) is 12.8. The first-order valence-electron chi connectivity index (χ1n) is 20.5. The Bertz CT molecular complexity index is 2310. The molecular formula is C52H56Cl2N2O2Ti. The van der Waals surface area contributed by atoms with Gasteiger partial charge in [-0.05, 0) is 114 Å². The summed E-state index contributed by atoms with van der Waals surface area (Å²) in [6, 6.07) is 35.6. The zero-order chi connectivity index (χ0) is 42.6. The second-order valence-electron chi connectivity index (χ2n) is 17.7. The Morgan fingerprint density at radius 3 is 1.05 bits per heavy atom. The predicted molar refractivity (Wildman–Crippen MR) is 244 cm³/mol. The Morgan fingerprint density at radius 1 is 0.458 bits per heavy atom. The quantitative estimate of drug-likeness (QED) is 0.142. The maximum absolute atomic E-state index is 12.5. The van der Waals surface area contributed by atoms with E-state index in [9.17, 15) is 10.2 Å². The number of phenols is 2. The first-order chi connectivity index (χ1) is 28.0. The van der Waals surface area contributed by atoms with E-state index in [2.05, 4.69) is 176 Å². The van der Waals surface area contributed by atoms with E-state index in [0.717, 1.165) is 46.5 Å². The molecule has 0 saturated carbocycles. The van der Waals surface area contributed by atoms with Gasteiger partial charge in [0.1, 0.15) is 11.5 Å². The van der Waals surface area contributed by atoms with Gasteiger partial charge in [0.15, 0.2) is 0 Å². The number of rotatable bonds is 9. The van der Waals surface area contributed by atoms with E-state index in [4.69, 9.17) is 18.6 Å². The predicted octanol–water partition coefficient (Wildman–Crippen LogP) is 12.6. The Kier molecular flexibility index (Phi) is 12.4. The van der Waals surface area contributed by atoms with Gasteiger partial charge in [0, 0.05) is 59.3 Å². The topological polar surface area (TPSA) is 46.9 Å². The second-order valence-corrected chi connectivity index (χ2v) is 20.3. The van der Waals surface area contributed by atoms with Crippen LogP contribution in [0.25, 0.3) is 22.3 Å². The van der Waals surface area contributed by atoms with Gasteiger partial charge in [-0.25, -0.2) is 0 Å². The third-order valence-electron chi connectivity index (χ3n) is 12.8. The zero-order valence-electron chi connectivity index (χ0n) is 36.1. The molecule has 2 aliphatic rings. The number of aryl methyl sites for hydroxylation is 6. The van der Waals surface area contributed by atoms with Crippen molar-refractivity contribution in [3.8, 4) is 33.8 Å². The average Bonchev–Trinajstić information content (AvgIpc) is 3.57. The van der Waals surface area contributed by atoms with E-state index in [1.54, 1.807) is 0 Å². The molecule has 0 saturated heterocycles. The summed E-state index contributed by atoms with van der Waals surface area (Å²) in [6.45, 7) is 20.1. The van der Waals surface area contributed by atoms with Crippen molar-refractivity contribution in [2.75, 3.05) is 27.2 Å². The molecule has 0 fully saturated rings. The first kappa shape index (κ1) is 43.2. The minimum atomic E-state index is -0.556. The number of likely N-dealkylation sites (N-methyl/N-ethyl adjacent to an activating group) is 1. The zero-order valence-corrected chi connectivity index (χ0v) is 39.2. The van der Waals surface area contributed by atoms with Gasteiger partial charge in [-0.3, -0.25) is 4.90 Å². The molecule has 0 atom stereocenters. The third kappa shape index (κ3) is 7.82. The summed E-state index contributed by atoms with van der Waals surface area (Å²) in [5.74, 6) is 0.693. The van der Waals surface area contributed by atoms with E-state index >= 15 is 0 Å². The van der Waals surface area contributed by atoms with Crippen LogP contribution < -0.4 is 0 Å². The van der Waals surface area contributed by atoms with Crippen molar-refractivity contribution < 1.29 is 27.2 Å². The van der Waals surface area contributed by atoms with Crippen molar-refractivity contribution in [3.63, 3.8) is 0 Å². The van der Waals surface area contributed by atoms with Crippen LogP contribution in [0.15, 0.2) is 97.1 Å². The normalized spacial score (nSPS) is 14.1. The van der Waals surface area contributed by atoms with Crippen molar-refractivity contribution in [1.29, 1.82) is 0 Å². The molecule has 0 unspecified atom stereocenters. The standard InChI is InChI=1S/C52H56N2O2.2ClH.Ti/c1-31-11-15-43-39(23-31)40-24-32(2)12-16-44(40)51(43,7)47-27-35(5)21-37(49(47)55)29-54(20-19-53(9)10)30-38-22-36(6)28-48(50(38)56)52(8)45-17-13-33(3)25-41(45)42-26-34(4)14-18-46(42)52;;;/h11-18,21-28,55-56H,19-20,29-30H2,1-10H3;2*1H;/q;;;+2/p-2. The molecule has 0 amide bonds. The molecule has 0 heterocycles. The van der Waals surface area contributed by atoms with Gasteiger partial charge in [0.2, 0.25) is 0 Å². The Hall–Kier alpha value is -3.87. The molecule has 0 aliphatic heterocycles. The van der Waals surface area contributed by atoms with Gasteiger partial charge in [-0.2, -0.15) is 0 Å². The summed E-state index contributed by atoms with van der Waals surface area (Å²) in [5.41, 5.74) is 19.7. The molecule has 304 valence electrons. The van der Waals surface area contributed by atoms with Crippen LogP contribution in [0.2, 0.25) is 0 Å². The summed E-state index contributed by atoms with van der Waals surface area (Å²) in [4.78, 5) is 4.58. The summed E-state index contributed by atoms with van der Waals surface area (Å²) in [7, 11) is 14.0. The van der Waals surface area contributed by atoms with Gasteiger partial charge >= 0.3 is 35.6 Å². The van der Waals surface area contributed by atoms with Crippen LogP contribution >= 0.6 is 18.6 Å². The molecule has 2 aliphatic carbocycles. The summed E-state index contributed by atoms with van der Waals surface area (Å²) < 4.78 is 0. The molecule has 0 bridgehead atoms. The SMILES string of the molecule is Cc1ccc2c(c1)-c1cc(C)ccc1C2(C)c1cc(C)cc(CN(CCN(C)C)Cc2cc(C)cc(C3(C)c4ccc(C)cc4-c4cc(C)ccc43)c2O)c1O.[Cl][Ti][Cl]. The van der Waals surface area contributed by atoms with Gasteiger partial charge in [-0.15, -0.1) is 0 Å². The van der Waals surface area contributed by atoms with E-state index in [1.807, 2.05) is 0 Å². The van der Waals surface area contributed by atoms with Crippen LogP contribution in [0, 0.1) is 41.5 Å². The number of benzene rings is 6. The molecule has 8 rings (SSSR count). The Balaban J connectivity index is 0.00000171. The monoisotopic (exact) mass is 858 g/mol. The number of halogens is 2. The molecule has 0 spiro atoms. The van der Waals surface area contributed by atoms with Gasteiger partial charge in [0.05, 0.1) is 0 Å². The maximum atomic E-state index is 12.5. The second kappa shape index (κ2) is 16.9. The average molecular weight is 860 g/mol. The molecule has 59 heavy (non-hydrogen) atoms. The van der Waals surface area contributed by atoms with Crippen molar-refractivity contribution >= 4 is 18.6 Å². The number of aromatic hydroxyl groups is 2. The number of nitrogens with zero attached hydrogens (tertiary/aromatic N) is 2. The van der Waals surface area contributed by atoms with Gasteiger partial charge in [0.25, 0.3) is 0 Å². The van der Waals surface area contributed by atoms with Gasteiger partial charge < -0.3 is 15.1 Å². The Labute approximate surface area is 368 Å². The Morgan fingerprint density at radius 2 is 0.763 bits per heavy atom. The molecular weight excluding hydrogens is 803 g/mol. The number of phenolic OH excluding ortho intramolecular Hbond substituents is 2. The minimum absolute atomic E-state index is 0.347. The van der Waals surface area contributed by atoms with Crippen LogP contribution in [0.4, 0.5) is 0 Å². The van der Waals surface area contributed by atoms with Crippen molar-refractivity contribution in [3.05, 3.63) is 175 Å². The number of hydrogen-bond acceptors (Lipinski definition) is 4. The van der Waals surface area contributed by atoms with E-state index < -0.39 is 27.9 Å². The van der Waals surface area contributed by atoms with Crippen LogP contribution in [0.1, 0.15) is 91.7 Å². The van der Waals surface area contributed by atoms with E-state index in [-0.39, 0.29) is 0 Å². The summed E-state index contributed by atoms with van der Waals surface area (Å²) in [5, 5.41) is 24.9.